The van der Waals surface area contributed by atoms with Gasteiger partial charge in [0.1, 0.15) is 11.5 Å². The summed E-state index contributed by atoms with van der Waals surface area (Å²) in [5.74, 6) is 0.791. The van der Waals surface area contributed by atoms with Crippen molar-refractivity contribution < 1.29 is 14.3 Å². The fourth-order valence-electron chi connectivity index (χ4n) is 1.62. The summed E-state index contributed by atoms with van der Waals surface area (Å²) < 4.78 is 10.4. The molecule has 0 N–H and O–H groups in total. The molecule has 0 aromatic heterocycles. The second-order valence-corrected chi connectivity index (χ2v) is 3.96. The molecule has 0 bridgehead atoms. The summed E-state index contributed by atoms with van der Waals surface area (Å²) in [5, 5.41) is 0.548. The minimum atomic E-state index is 0.115. The SMILES string of the molecule is CC(=O)Cc1cc(Cl)c2c(c1)COCO2. The first-order valence-electron chi connectivity index (χ1n) is 4.68. The van der Waals surface area contributed by atoms with E-state index in [1.165, 1.54) is 0 Å². The molecule has 0 saturated heterocycles. The van der Waals surface area contributed by atoms with E-state index < -0.39 is 0 Å². The van der Waals surface area contributed by atoms with Gasteiger partial charge in [-0.1, -0.05) is 11.6 Å². The van der Waals surface area contributed by atoms with Crippen LogP contribution in [-0.4, -0.2) is 12.6 Å². The van der Waals surface area contributed by atoms with Gasteiger partial charge in [0.15, 0.2) is 6.79 Å². The number of benzene rings is 1. The number of hydrogen-bond donors (Lipinski definition) is 0. The van der Waals surface area contributed by atoms with Crippen LogP contribution in [0.1, 0.15) is 18.1 Å². The van der Waals surface area contributed by atoms with Gasteiger partial charge in [-0.2, -0.15) is 0 Å². The molecule has 1 aromatic rings. The molecule has 1 heterocycles. The molecule has 15 heavy (non-hydrogen) atoms. The predicted molar refractivity (Wildman–Crippen MR) is 56.1 cm³/mol. The van der Waals surface area contributed by atoms with Crippen LogP contribution in [0.25, 0.3) is 0 Å². The molecule has 0 spiro atoms. The van der Waals surface area contributed by atoms with E-state index in [1.54, 1.807) is 13.0 Å². The summed E-state index contributed by atoms with van der Waals surface area (Å²) in [4.78, 5) is 11.0. The van der Waals surface area contributed by atoms with Crippen LogP contribution in [0.3, 0.4) is 0 Å². The largest absolute Gasteiger partial charge is 0.466 e. The predicted octanol–water partition coefficient (Wildman–Crippen LogP) is 2.34. The van der Waals surface area contributed by atoms with Crippen molar-refractivity contribution in [3.8, 4) is 5.75 Å². The Kier molecular flexibility index (Phi) is 2.93. The highest BCUT2D eigenvalue weighted by atomic mass is 35.5. The number of hydrogen-bond acceptors (Lipinski definition) is 3. The Morgan fingerprint density at radius 1 is 1.53 bits per heavy atom. The van der Waals surface area contributed by atoms with E-state index in [9.17, 15) is 4.79 Å². The van der Waals surface area contributed by atoms with E-state index in [2.05, 4.69) is 0 Å². The van der Waals surface area contributed by atoms with Crippen LogP contribution in [0.4, 0.5) is 0 Å². The molecule has 0 saturated carbocycles. The van der Waals surface area contributed by atoms with Crippen LogP contribution in [0.2, 0.25) is 5.02 Å². The molecule has 4 heteroatoms. The van der Waals surface area contributed by atoms with Gasteiger partial charge in [-0.3, -0.25) is 4.79 Å². The number of ether oxygens (including phenoxy) is 2. The zero-order valence-electron chi connectivity index (χ0n) is 8.38. The Morgan fingerprint density at radius 3 is 3.07 bits per heavy atom. The number of rotatable bonds is 2. The van der Waals surface area contributed by atoms with Gasteiger partial charge in [0.25, 0.3) is 0 Å². The van der Waals surface area contributed by atoms with E-state index in [1.807, 2.05) is 6.07 Å². The summed E-state index contributed by atoms with van der Waals surface area (Å²) in [5.41, 5.74) is 1.81. The Morgan fingerprint density at radius 2 is 2.33 bits per heavy atom. The summed E-state index contributed by atoms with van der Waals surface area (Å²) in [6, 6.07) is 3.68. The van der Waals surface area contributed by atoms with Crippen molar-refractivity contribution in [1.29, 1.82) is 0 Å². The fourth-order valence-corrected chi connectivity index (χ4v) is 1.94. The zero-order chi connectivity index (χ0) is 10.8. The standard InChI is InChI=1S/C11H11ClO3/c1-7(13)2-8-3-9-5-14-6-15-11(9)10(12)4-8/h3-4H,2,5-6H2,1H3. The third-order valence-electron chi connectivity index (χ3n) is 2.18. The van der Waals surface area contributed by atoms with E-state index in [0.717, 1.165) is 11.1 Å². The molecule has 1 aliphatic heterocycles. The van der Waals surface area contributed by atoms with Crippen molar-refractivity contribution >= 4 is 17.4 Å². The Bertz CT molecular complexity index is 401. The molecule has 1 aliphatic rings. The van der Waals surface area contributed by atoms with Gasteiger partial charge in [0, 0.05) is 12.0 Å². The average Bonchev–Trinajstić information content (AvgIpc) is 2.16. The number of carbonyl (C=O) groups excluding carboxylic acids is 1. The molecule has 0 atom stereocenters. The first kappa shape index (κ1) is 10.5. The quantitative estimate of drug-likeness (QED) is 0.777. The van der Waals surface area contributed by atoms with Gasteiger partial charge >= 0.3 is 0 Å². The average molecular weight is 227 g/mol. The Balaban J connectivity index is 2.36. The molecule has 0 aliphatic carbocycles. The monoisotopic (exact) mass is 226 g/mol. The summed E-state index contributed by atoms with van der Waals surface area (Å²) >= 11 is 6.04. The lowest BCUT2D eigenvalue weighted by molar-refractivity contribution is -0.116. The van der Waals surface area contributed by atoms with E-state index in [-0.39, 0.29) is 12.6 Å². The Labute approximate surface area is 92.9 Å². The van der Waals surface area contributed by atoms with Crippen LogP contribution in [0, 0.1) is 0 Å². The van der Waals surface area contributed by atoms with Crippen LogP contribution >= 0.6 is 11.6 Å². The second-order valence-electron chi connectivity index (χ2n) is 3.56. The molecule has 0 amide bonds. The molecule has 1 aromatic carbocycles. The minimum Gasteiger partial charge on any atom is -0.466 e. The summed E-state index contributed by atoms with van der Waals surface area (Å²) in [7, 11) is 0. The normalized spacial score (nSPS) is 14.3. The Hall–Kier alpha value is -1.06. The smallest absolute Gasteiger partial charge is 0.189 e. The fraction of sp³-hybridized carbons (Fsp3) is 0.364. The molecule has 3 nitrogen and oxygen atoms in total. The number of halogens is 1. The van der Waals surface area contributed by atoms with Gasteiger partial charge in [-0.05, 0) is 24.6 Å². The van der Waals surface area contributed by atoms with E-state index in [4.69, 9.17) is 21.1 Å². The number of carbonyl (C=O) groups is 1. The maximum absolute atomic E-state index is 11.0. The highest BCUT2D eigenvalue weighted by Crippen LogP contribution is 2.33. The lowest BCUT2D eigenvalue weighted by atomic mass is 10.1. The molecule has 2 rings (SSSR count). The number of Topliss-reactive ketones (excluding diaryl/α,β-unsaturated/α-hetero) is 1. The van der Waals surface area contributed by atoms with E-state index in [0.29, 0.717) is 23.8 Å². The van der Waals surface area contributed by atoms with Crippen molar-refractivity contribution in [2.24, 2.45) is 0 Å². The minimum absolute atomic E-state index is 0.115. The van der Waals surface area contributed by atoms with Gasteiger partial charge in [0.05, 0.1) is 11.6 Å². The topological polar surface area (TPSA) is 35.5 Å². The summed E-state index contributed by atoms with van der Waals surface area (Å²) in [6.07, 6.45) is 0.396. The maximum atomic E-state index is 11.0. The van der Waals surface area contributed by atoms with Crippen molar-refractivity contribution in [2.75, 3.05) is 6.79 Å². The maximum Gasteiger partial charge on any atom is 0.189 e. The highest BCUT2D eigenvalue weighted by molar-refractivity contribution is 6.32. The van der Waals surface area contributed by atoms with Crippen molar-refractivity contribution in [2.45, 2.75) is 20.0 Å². The molecular formula is C11H11ClO3. The lowest BCUT2D eigenvalue weighted by Crippen LogP contribution is -2.12. The first-order chi connectivity index (χ1) is 7.16. The molecular weight excluding hydrogens is 216 g/mol. The van der Waals surface area contributed by atoms with Gasteiger partial charge in [-0.25, -0.2) is 0 Å². The zero-order valence-corrected chi connectivity index (χ0v) is 9.13. The molecule has 0 unspecified atom stereocenters. The summed E-state index contributed by atoms with van der Waals surface area (Å²) in [6.45, 7) is 2.28. The first-order valence-corrected chi connectivity index (χ1v) is 5.06. The van der Waals surface area contributed by atoms with Gasteiger partial charge in [-0.15, -0.1) is 0 Å². The third kappa shape index (κ3) is 2.30. The van der Waals surface area contributed by atoms with Crippen molar-refractivity contribution in [1.82, 2.24) is 0 Å². The lowest BCUT2D eigenvalue weighted by Gasteiger charge is -2.19. The van der Waals surface area contributed by atoms with Crippen LogP contribution < -0.4 is 4.74 Å². The number of fused-ring (bicyclic) bond motifs is 1. The van der Waals surface area contributed by atoms with Crippen LogP contribution in [-0.2, 0) is 22.6 Å². The van der Waals surface area contributed by atoms with Crippen LogP contribution in [0.5, 0.6) is 5.75 Å². The molecule has 0 radical (unpaired) electrons. The number of ketones is 1. The molecule has 0 fully saturated rings. The van der Waals surface area contributed by atoms with Crippen molar-refractivity contribution in [3.05, 3.63) is 28.3 Å². The van der Waals surface area contributed by atoms with Crippen LogP contribution in [0.15, 0.2) is 12.1 Å². The van der Waals surface area contributed by atoms with Crippen molar-refractivity contribution in [3.63, 3.8) is 0 Å². The van der Waals surface area contributed by atoms with Gasteiger partial charge in [0.2, 0.25) is 0 Å². The second kappa shape index (κ2) is 4.21. The molecule has 80 valence electrons. The highest BCUT2D eigenvalue weighted by Gasteiger charge is 2.15. The third-order valence-corrected chi connectivity index (χ3v) is 2.46. The van der Waals surface area contributed by atoms with Gasteiger partial charge < -0.3 is 9.47 Å². The van der Waals surface area contributed by atoms with E-state index >= 15 is 0 Å².